The molecule has 1 fully saturated rings. The fourth-order valence-corrected chi connectivity index (χ4v) is 1.43. The van der Waals surface area contributed by atoms with E-state index >= 15 is 0 Å². The third-order valence-corrected chi connectivity index (χ3v) is 2.33. The van der Waals surface area contributed by atoms with Crippen molar-refractivity contribution in [2.75, 3.05) is 5.32 Å². The number of aromatic nitrogens is 3. The predicted molar refractivity (Wildman–Crippen MR) is 54.0 cm³/mol. The standard InChI is InChI=1S/C10H10N4/c1-2-8-9(11-5-1)12-6-13-10(8)14-7-3-4-7/h1-2,5-7H,3-4H2,(H,11,12,13,14). The van der Waals surface area contributed by atoms with Crippen LogP contribution in [0.25, 0.3) is 11.0 Å². The van der Waals surface area contributed by atoms with Crippen LogP contribution in [0.1, 0.15) is 12.8 Å². The first-order valence-electron chi connectivity index (χ1n) is 4.76. The van der Waals surface area contributed by atoms with Gasteiger partial charge in [0.15, 0.2) is 5.65 Å². The molecule has 0 atom stereocenters. The Morgan fingerprint density at radius 1 is 1.21 bits per heavy atom. The van der Waals surface area contributed by atoms with E-state index in [0.29, 0.717) is 6.04 Å². The van der Waals surface area contributed by atoms with Gasteiger partial charge < -0.3 is 5.32 Å². The number of rotatable bonds is 2. The van der Waals surface area contributed by atoms with Gasteiger partial charge in [-0.25, -0.2) is 15.0 Å². The van der Waals surface area contributed by atoms with Gasteiger partial charge in [0.2, 0.25) is 0 Å². The van der Waals surface area contributed by atoms with E-state index in [1.54, 1.807) is 12.5 Å². The molecule has 2 aromatic rings. The number of fused-ring (bicyclic) bond motifs is 1. The lowest BCUT2D eigenvalue weighted by Crippen LogP contribution is -2.04. The highest BCUT2D eigenvalue weighted by Gasteiger charge is 2.22. The molecule has 4 heteroatoms. The van der Waals surface area contributed by atoms with E-state index in [4.69, 9.17) is 0 Å². The zero-order valence-electron chi connectivity index (χ0n) is 7.64. The van der Waals surface area contributed by atoms with E-state index in [9.17, 15) is 0 Å². The topological polar surface area (TPSA) is 50.7 Å². The lowest BCUT2D eigenvalue weighted by molar-refractivity contribution is 1.10. The average molecular weight is 186 g/mol. The molecule has 2 heterocycles. The Kier molecular flexibility index (Phi) is 1.59. The molecule has 2 aromatic heterocycles. The second-order valence-electron chi connectivity index (χ2n) is 3.52. The molecule has 1 saturated carbocycles. The largest absolute Gasteiger partial charge is 0.367 e. The second-order valence-corrected chi connectivity index (χ2v) is 3.52. The van der Waals surface area contributed by atoms with Crippen molar-refractivity contribution in [1.29, 1.82) is 0 Å². The van der Waals surface area contributed by atoms with Crippen LogP contribution in [0.3, 0.4) is 0 Å². The first-order valence-corrected chi connectivity index (χ1v) is 4.76. The Hall–Kier alpha value is -1.71. The zero-order chi connectivity index (χ0) is 9.38. The van der Waals surface area contributed by atoms with Gasteiger partial charge in [0.05, 0.1) is 5.39 Å². The molecular weight excluding hydrogens is 176 g/mol. The maximum absolute atomic E-state index is 4.22. The lowest BCUT2D eigenvalue weighted by atomic mass is 10.3. The number of anilines is 1. The summed E-state index contributed by atoms with van der Waals surface area (Å²) in [6.45, 7) is 0. The summed E-state index contributed by atoms with van der Waals surface area (Å²) in [6, 6.07) is 4.50. The van der Waals surface area contributed by atoms with Gasteiger partial charge in [0.25, 0.3) is 0 Å². The van der Waals surface area contributed by atoms with E-state index in [1.807, 2.05) is 12.1 Å². The molecule has 0 amide bonds. The van der Waals surface area contributed by atoms with Crippen LogP contribution in [0.5, 0.6) is 0 Å². The fourth-order valence-electron chi connectivity index (χ4n) is 1.43. The maximum atomic E-state index is 4.22. The fraction of sp³-hybridized carbons (Fsp3) is 0.300. The molecule has 3 rings (SSSR count). The third-order valence-electron chi connectivity index (χ3n) is 2.33. The van der Waals surface area contributed by atoms with Gasteiger partial charge in [0.1, 0.15) is 12.1 Å². The SMILES string of the molecule is c1cnc2ncnc(NC3CC3)c2c1. The Morgan fingerprint density at radius 3 is 3.00 bits per heavy atom. The number of pyridine rings is 1. The van der Waals surface area contributed by atoms with Gasteiger partial charge in [-0.3, -0.25) is 0 Å². The highest BCUT2D eigenvalue weighted by molar-refractivity contribution is 5.86. The van der Waals surface area contributed by atoms with Crippen LogP contribution in [0.2, 0.25) is 0 Å². The summed E-state index contributed by atoms with van der Waals surface area (Å²) in [5.74, 6) is 0.908. The molecule has 4 nitrogen and oxygen atoms in total. The molecule has 1 aliphatic carbocycles. The monoisotopic (exact) mass is 186 g/mol. The number of hydrogen-bond acceptors (Lipinski definition) is 4. The minimum atomic E-state index is 0.605. The van der Waals surface area contributed by atoms with Crippen molar-refractivity contribution < 1.29 is 0 Å². The van der Waals surface area contributed by atoms with Crippen LogP contribution in [0, 0.1) is 0 Å². The van der Waals surface area contributed by atoms with Crippen LogP contribution in [-0.2, 0) is 0 Å². The van der Waals surface area contributed by atoms with Crippen LogP contribution >= 0.6 is 0 Å². The maximum Gasteiger partial charge on any atom is 0.164 e. The van der Waals surface area contributed by atoms with Crippen LogP contribution in [0.15, 0.2) is 24.7 Å². The molecule has 0 radical (unpaired) electrons. The molecule has 0 unspecified atom stereocenters. The first kappa shape index (κ1) is 7.67. The molecule has 1 aliphatic rings. The Morgan fingerprint density at radius 2 is 2.14 bits per heavy atom. The van der Waals surface area contributed by atoms with E-state index in [1.165, 1.54) is 12.8 Å². The van der Waals surface area contributed by atoms with Crippen molar-refractivity contribution >= 4 is 16.9 Å². The molecule has 0 aromatic carbocycles. The summed E-state index contributed by atoms with van der Waals surface area (Å²) in [5, 5.41) is 4.37. The normalized spacial score (nSPS) is 15.7. The van der Waals surface area contributed by atoms with Gasteiger partial charge in [-0.15, -0.1) is 0 Å². The van der Waals surface area contributed by atoms with E-state index in [-0.39, 0.29) is 0 Å². The summed E-state index contributed by atoms with van der Waals surface area (Å²) in [4.78, 5) is 12.5. The molecule has 0 aliphatic heterocycles. The summed E-state index contributed by atoms with van der Waals surface area (Å²) in [6.07, 6.45) is 5.79. The van der Waals surface area contributed by atoms with Crippen molar-refractivity contribution in [3.8, 4) is 0 Å². The zero-order valence-corrected chi connectivity index (χ0v) is 7.64. The van der Waals surface area contributed by atoms with Crippen LogP contribution < -0.4 is 5.32 Å². The van der Waals surface area contributed by atoms with Gasteiger partial charge in [-0.2, -0.15) is 0 Å². The Balaban J connectivity index is 2.11. The van der Waals surface area contributed by atoms with Gasteiger partial charge in [0, 0.05) is 12.2 Å². The summed E-state index contributed by atoms with van der Waals surface area (Å²) in [7, 11) is 0. The lowest BCUT2D eigenvalue weighted by Gasteiger charge is -2.05. The van der Waals surface area contributed by atoms with E-state index in [0.717, 1.165) is 16.9 Å². The number of nitrogens with one attached hydrogen (secondary N) is 1. The van der Waals surface area contributed by atoms with E-state index < -0.39 is 0 Å². The van der Waals surface area contributed by atoms with Crippen molar-refractivity contribution in [1.82, 2.24) is 15.0 Å². The Bertz CT molecular complexity index is 459. The molecule has 0 saturated heterocycles. The molecule has 0 spiro atoms. The number of hydrogen-bond donors (Lipinski definition) is 1. The molecule has 70 valence electrons. The van der Waals surface area contributed by atoms with Crippen LogP contribution in [0.4, 0.5) is 5.82 Å². The second kappa shape index (κ2) is 2.90. The predicted octanol–water partition coefficient (Wildman–Crippen LogP) is 1.60. The minimum Gasteiger partial charge on any atom is -0.367 e. The Labute approximate surface area is 81.4 Å². The van der Waals surface area contributed by atoms with Crippen molar-refractivity contribution in [2.24, 2.45) is 0 Å². The molecule has 0 bridgehead atoms. The minimum absolute atomic E-state index is 0.605. The summed E-state index contributed by atoms with van der Waals surface area (Å²) in [5.41, 5.74) is 0.755. The highest BCUT2D eigenvalue weighted by Crippen LogP contribution is 2.26. The van der Waals surface area contributed by atoms with Crippen molar-refractivity contribution in [3.05, 3.63) is 24.7 Å². The summed E-state index contributed by atoms with van der Waals surface area (Å²) >= 11 is 0. The van der Waals surface area contributed by atoms with Gasteiger partial charge in [-0.05, 0) is 25.0 Å². The average Bonchev–Trinajstić information content (AvgIpc) is 3.03. The first-order chi connectivity index (χ1) is 6.93. The molecular formula is C10H10N4. The van der Waals surface area contributed by atoms with Gasteiger partial charge in [-0.1, -0.05) is 0 Å². The van der Waals surface area contributed by atoms with Crippen molar-refractivity contribution in [3.63, 3.8) is 0 Å². The highest BCUT2D eigenvalue weighted by atomic mass is 15.1. The van der Waals surface area contributed by atoms with Gasteiger partial charge >= 0.3 is 0 Å². The third kappa shape index (κ3) is 1.28. The quantitative estimate of drug-likeness (QED) is 0.774. The summed E-state index contributed by atoms with van der Waals surface area (Å²) < 4.78 is 0. The molecule has 14 heavy (non-hydrogen) atoms. The van der Waals surface area contributed by atoms with Crippen molar-refractivity contribution in [2.45, 2.75) is 18.9 Å². The van der Waals surface area contributed by atoms with Crippen LogP contribution in [-0.4, -0.2) is 21.0 Å². The molecule has 1 N–H and O–H groups in total. The smallest absolute Gasteiger partial charge is 0.164 e. The van der Waals surface area contributed by atoms with E-state index in [2.05, 4.69) is 20.3 Å². The number of nitrogens with zero attached hydrogens (tertiary/aromatic N) is 3.